The van der Waals surface area contributed by atoms with Crippen molar-refractivity contribution < 1.29 is 4.84 Å². The van der Waals surface area contributed by atoms with Crippen LogP contribution in [0.1, 0.15) is 11.1 Å². The molecule has 1 aromatic carbocycles. The number of rotatable bonds is 3. The quantitative estimate of drug-likeness (QED) is 0.663. The summed E-state index contributed by atoms with van der Waals surface area (Å²) >= 11 is 0. The first-order chi connectivity index (χ1) is 5.33. The Hall–Kier alpha value is -0.860. The Kier molecular flexibility index (Phi) is 3.08. The van der Waals surface area contributed by atoms with Crippen molar-refractivity contribution in [2.75, 3.05) is 7.11 Å². The molecule has 0 aliphatic carbocycles. The van der Waals surface area contributed by atoms with Crippen LogP contribution in [0.3, 0.4) is 0 Å². The lowest BCUT2D eigenvalue weighted by Gasteiger charge is -2.01. The van der Waals surface area contributed by atoms with Crippen LogP contribution in [0.2, 0.25) is 0 Å². The lowest BCUT2D eigenvalue weighted by molar-refractivity contribution is 0.0867. The number of benzene rings is 1. The van der Waals surface area contributed by atoms with E-state index in [0.29, 0.717) is 0 Å². The Balaban J connectivity index is 2.56. The van der Waals surface area contributed by atoms with Crippen LogP contribution < -0.4 is 5.48 Å². The summed E-state index contributed by atoms with van der Waals surface area (Å²) in [4.78, 5) is 4.74. The molecule has 11 heavy (non-hydrogen) atoms. The summed E-state index contributed by atoms with van der Waals surface area (Å²) < 4.78 is 0. The molecule has 1 N–H and O–H groups in total. The third-order valence-electron chi connectivity index (χ3n) is 1.50. The zero-order valence-corrected chi connectivity index (χ0v) is 6.92. The number of hydrogen-bond donors (Lipinski definition) is 1. The number of hydroxylamine groups is 1. The molecule has 0 spiro atoms. The smallest absolute Gasteiger partial charge is 0.0572 e. The molecule has 0 bridgehead atoms. The van der Waals surface area contributed by atoms with Gasteiger partial charge < -0.3 is 4.84 Å². The standard InChI is InChI=1S/C9H13NO/c1-8-4-3-5-9(6-8)7-10-11-2/h3-6,10H,7H2,1-2H3. The number of nitrogens with one attached hydrogen (secondary N) is 1. The zero-order chi connectivity index (χ0) is 8.10. The van der Waals surface area contributed by atoms with E-state index in [-0.39, 0.29) is 0 Å². The second-order valence-electron chi connectivity index (χ2n) is 2.51. The minimum atomic E-state index is 0.762. The van der Waals surface area contributed by atoms with Gasteiger partial charge in [0.05, 0.1) is 7.11 Å². The van der Waals surface area contributed by atoms with E-state index >= 15 is 0 Å². The molecule has 2 heteroatoms. The maximum absolute atomic E-state index is 4.74. The van der Waals surface area contributed by atoms with E-state index in [1.165, 1.54) is 11.1 Å². The van der Waals surface area contributed by atoms with Crippen molar-refractivity contribution in [1.29, 1.82) is 0 Å². The molecule has 0 unspecified atom stereocenters. The molecular weight excluding hydrogens is 138 g/mol. The fourth-order valence-electron chi connectivity index (χ4n) is 0.978. The molecule has 0 atom stereocenters. The molecule has 0 amide bonds. The molecule has 0 saturated heterocycles. The van der Waals surface area contributed by atoms with Crippen LogP contribution in [0.15, 0.2) is 24.3 Å². The topological polar surface area (TPSA) is 21.3 Å². The van der Waals surface area contributed by atoms with E-state index in [9.17, 15) is 0 Å². The predicted octanol–water partition coefficient (Wildman–Crippen LogP) is 1.65. The highest BCUT2D eigenvalue weighted by Gasteiger charge is 1.90. The second-order valence-corrected chi connectivity index (χ2v) is 2.51. The molecule has 0 radical (unpaired) electrons. The van der Waals surface area contributed by atoms with E-state index in [1.807, 2.05) is 6.07 Å². The molecule has 0 aliphatic rings. The van der Waals surface area contributed by atoms with Crippen molar-refractivity contribution in [3.8, 4) is 0 Å². The van der Waals surface area contributed by atoms with Gasteiger partial charge in [-0.05, 0) is 12.5 Å². The zero-order valence-electron chi connectivity index (χ0n) is 6.92. The SMILES string of the molecule is CONCc1cccc(C)c1. The van der Waals surface area contributed by atoms with Crippen molar-refractivity contribution in [1.82, 2.24) is 5.48 Å². The van der Waals surface area contributed by atoms with Crippen molar-refractivity contribution >= 4 is 0 Å². The average Bonchev–Trinajstić information content (AvgIpc) is 2.01. The second kappa shape index (κ2) is 4.11. The van der Waals surface area contributed by atoms with Crippen LogP contribution in [0, 0.1) is 6.92 Å². The first-order valence-electron chi connectivity index (χ1n) is 3.64. The van der Waals surface area contributed by atoms with E-state index < -0.39 is 0 Å². The van der Waals surface area contributed by atoms with Crippen LogP contribution in [0.5, 0.6) is 0 Å². The molecule has 0 heterocycles. The predicted molar refractivity (Wildman–Crippen MR) is 45.0 cm³/mol. The maximum Gasteiger partial charge on any atom is 0.0572 e. The van der Waals surface area contributed by atoms with Gasteiger partial charge in [0.2, 0.25) is 0 Å². The van der Waals surface area contributed by atoms with Gasteiger partial charge in [0, 0.05) is 6.54 Å². The summed E-state index contributed by atoms with van der Waals surface area (Å²) in [5.74, 6) is 0. The number of aryl methyl sites for hydroxylation is 1. The van der Waals surface area contributed by atoms with E-state index in [1.54, 1.807) is 7.11 Å². The Bertz CT molecular complexity index is 223. The van der Waals surface area contributed by atoms with Crippen LogP contribution >= 0.6 is 0 Å². The summed E-state index contributed by atoms with van der Waals surface area (Å²) in [6, 6.07) is 8.32. The van der Waals surface area contributed by atoms with Gasteiger partial charge in [0.25, 0.3) is 0 Å². The van der Waals surface area contributed by atoms with Crippen LogP contribution in [-0.2, 0) is 11.4 Å². The van der Waals surface area contributed by atoms with Crippen molar-refractivity contribution in [2.24, 2.45) is 0 Å². The van der Waals surface area contributed by atoms with E-state index in [4.69, 9.17) is 4.84 Å². The van der Waals surface area contributed by atoms with Crippen molar-refractivity contribution in [3.63, 3.8) is 0 Å². The first kappa shape index (κ1) is 8.24. The number of hydrogen-bond acceptors (Lipinski definition) is 2. The van der Waals surface area contributed by atoms with Crippen LogP contribution in [0.25, 0.3) is 0 Å². The molecule has 2 nitrogen and oxygen atoms in total. The fraction of sp³-hybridized carbons (Fsp3) is 0.333. The highest BCUT2D eigenvalue weighted by molar-refractivity contribution is 5.21. The lowest BCUT2D eigenvalue weighted by Crippen LogP contribution is -2.10. The third kappa shape index (κ3) is 2.70. The summed E-state index contributed by atoms with van der Waals surface area (Å²) in [5, 5.41) is 0. The third-order valence-corrected chi connectivity index (χ3v) is 1.50. The monoisotopic (exact) mass is 151 g/mol. The minimum absolute atomic E-state index is 0.762. The summed E-state index contributed by atoms with van der Waals surface area (Å²) in [6.07, 6.45) is 0. The normalized spacial score (nSPS) is 10.0. The van der Waals surface area contributed by atoms with Crippen LogP contribution in [-0.4, -0.2) is 7.11 Å². The Morgan fingerprint density at radius 1 is 1.45 bits per heavy atom. The highest BCUT2D eigenvalue weighted by Crippen LogP contribution is 2.02. The molecule has 1 rings (SSSR count). The molecule has 1 aromatic rings. The first-order valence-corrected chi connectivity index (χ1v) is 3.64. The van der Waals surface area contributed by atoms with Gasteiger partial charge in [-0.3, -0.25) is 0 Å². The van der Waals surface area contributed by atoms with Gasteiger partial charge in [-0.15, -0.1) is 0 Å². The molecule has 0 aliphatic heterocycles. The lowest BCUT2D eigenvalue weighted by atomic mass is 10.1. The molecule has 0 fully saturated rings. The van der Waals surface area contributed by atoms with Crippen molar-refractivity contribution in [2.45, 2.75) is 13.5 Å². The summed E-state index contributed by atoms with van der Waals surface area (Å²) in [6.45, 7) is 2.84. The van der Waals surface area contributed by atoms with Crippen molar-refractivity contribution in [3.05, 3.63) is 35.4 Å². The maximum atomic E-state index is 4.74. The molecule has 0 saturated carbocycles. The average molecular weight is 151 g/mol. The van der Waals surface area contributed by atoms with Gasteiger partial charge >= 0.3 is 0 Å². The Labute approximate surface area is 67.1 Å². The van der Waals surface area contributed by atoms with E-state index in [2.05, 4.69) is 30.6 Å². The summed E-state index contributed by atoms with van der Waals surface area (Å²) in [5.41, 5.74) is 5.31. The van der Waals surface area contributed by atoms with Gasteiger partial charge in [-0.1, -0.05) is 29.8 Å². The van der Waals surface area contributed by atoms with Gasteiger partial charge in [0.15, 0.2) is 0 Å². The highest BCUT2D eigenvalue weighted by atomic mass is 16.6. The minimum Gasteiger partial charge on any atom is -0.305 e. The van der Waals surface area contributed by atoms with Gasteiger partial charge in [0.1, 0.15) is 0 Å². The fourth-order valence-corrected chi connectivity index (χ4v) is 0.978. The Morgan fingerprint density at radius 2 is 2.27 bits per heavy atom. The van der Waals surface area contributed by atoms with Gasteiger partial charge in [-0.2, -0.15) is 5.48 Å². The largest absolute Gasteiger partial charge is 0.305 e. The summed E-state index contributed by atoms with van der Waals surface area (Å²) in [7, 11) is 1.62. The van der Waals surface area contributed by atoms with Gasteiger partial charge in [-0.25, -0.2) is 0 Å². The van der Waals surface area contributed by atoms with Crippen LogP contribution in [0.4, 0.5) is 0 Å². The molecular formula is C9H13NO. The Morgan fingerprint density at radius 3 is 2.91 bits per heavy atom. The molecule has 60 valence electrons. The molecule has 0 aromatic heterocycles. The van der Waals surface area contributed by atoms with E-state index in [0.717, 1.165) is 6.54 Å².